The molecule has 0 saturated carbocycles. The van der Waals surface area contributed by atoms with Crippen molar-refractivity contribution in [2.75, 3.05) is 33.3 Å². The van der Waals surface area contributed by atoms with Crippen LogP contribution in [0.25, 0.3) is 0 Å². The number of likely N-dealkylation sites (N-methyl/N-ethyl adjacent to an activating group) is 1. The van der Waals surface area contributed by atoms with Crippen molar-refractivity contribution in [3.63, 3.8) is 0 Å². The van der Waals surface area contributed by atoms with Crippen molar-refractivity contribution >= 4 is 5.97 Å². The largest absolute Gasteiger partial charge is 0.465 e. The summed E-state index contributed by atoms with van der Waals surface area (Å²) in [6, 6.07) is 0. The van der Waals surface area contributed by atoms with Gasteiger partial charge in [0.15, 0.2) is 0 Å². The van der Waals surface area contributed by atoms with Gasteiger partial charge >= 0.3 is 5.97 Å². The fourth-order valence-corrected chi connectivity index (χ4v) is 2.45. The van der Waals surface area contributed by atoms with Crippen molar-refractivity contribution in [2.45, 2.75) is 51.5 Å². The number of ether oxygens (including phenoxy) is 1. The molecule has 0 aliphatic carbocycles. The van der Waals surface area contributed by atoms with Crippen LogP contribution in [0.5, 0.6) is 0 Å². The molecule has 1 aliphatic rings. The molecule has 0 amide bonds. The van der Waals surface area contributed by atoms with Crippen LogP contribution in [0.1, 0.15) is 46.0 Å². The number of nitrogens with one attached hydrogen (secondary N) is 1. The SMILES string of the molecule is CCOC(=O)C(C)(CN1CCCCCCC1)NC. The summed E-state index contributed by atoms with van der Waals surface area (Å²) in [4.78, 5) is 14.4. The predicted molar refractivity (Wildman–Crippen MR) is 73.6 cm³/mol. The molecule has 1 rings (SSSR count). The van der Waals surface area contributed by atoms with Crippen LogP contribution in [0.3, 0.4) is 0 Å². The Morgan fingerprint density at radius 1 is 1.22 bits per heavy atom. The van der Waals surface area contributed by atoms with Gasteiger partial charge in [0.05, 0.1) is 6.61 Å². The zero-order chi connectivity index (χ0) is 13.4. The molecular formula is C14H28N2O2. The molecule has 4 nitrogen and oxygen atoms in total. The first-order valence-electron chi connectivity index (χ1n) is 7.21. The summed E-state index contributed by atoms with van der Waals surface area (Å²) < 4.78 is 5.17. The first-order chi connectivity index (χ1) is 8.62. The summed E-state index contributed by atoms with van der Waals surface area (Å²) >= 11 is 0. The van der Waals surface area contributed by atoms with Crippen molar-refractivity contribution in [1.29, 1.82) is 0 Å². The standard InChI is InChI=1S/C14H28N2O2/c1-4-18-13(17)14(2,15-3)12-16-10-8-6-5-7-9-11-16/h15H,4-12H2,1-3H3. The Morgan fingerprint density at radius 2 is 1.78 bits per heavy atom. The number of nitrogens with zero attached hydrogens (tertiary/aromatic N) is 1. The Hall–Kier alpha value is -0.610. The van der Waals surface area contributed by atoms with Crippen LogP contribution in [0.15, 0.2) is 0 Å². The summed E-state index contributed by atoms with van der Waals surface area (Å²) in [5, 5.41) is 3.13. The van der Waals surface area contributed by atoms with Crippen LogP contribution in [0, 0.1) is 0 Å². The van der Waals surface area contributed by atoms with E-state index < -0.39 is 5.54 Å². The van der Waals surface area contributed by atoms with Gasteiger partial charge in [-0.3, -0.25) is 4.79 Å². The summed E-state index contributed by atoms with van der Waals surface area (Å²) in [6.07, 6.45) is 6.46. The van der Waals surface area contributed by atoms with Crippen LogP contribution >= 0.6 is 0 Å². The summed E-state index contributed by atoms with van der Waals surface area (Å²) in [7, 11) is 1.83. The van der Waals surface area contributed by atoms with E-state index in [9.17, 15) is 4.79 Å². The lowest BCUT2D eigenvalue weighted by Gasteiger charge is -2.34. The fourth-order valence-electron chi connectivity index (χ4n) is 2.45. The van der Waals surface area contributed by atoms with Crippen molar-refractivity contribution < 1.29 is 9.53 Å². The van der Waals surface area contributed by atoms with Crippen molar-refractivity contribution in [3.8, 4) is 0 Å². The Labute approximate surface area is 111 Å². The van der Waals surface area contributed by atoms with Crippen LogP contribution in [-0.2, 0) is 9.53 Å². The quantitative estimate of drug-likeness (QED) is 0.762. The molecule has 0 aromatic heterocycles. The van der Waals surface area contributed by atoms with E-state index in [0.717, 1.165) is 19.6 Å². The molecule has 1 N–H and O–H groups in total. The summed E-state index contributed by atoms with van der Waals surface area (Å²) in [6.45, 7) is 7.15. The van der Waals surface area contributed by atoms with Crippen molar-refractivity contribution in [1.82, 2.24) is 10.2 Å². The molecular weight excluding hydrogens is 228 g/mol. The van der Waals surface area contributed by atoms with Gasteiger partial charge < -0.3 is 15.0 Å². The molecule has 1 heterocycles. The molecule has 1 unspecified atom stereocenters. The van der Waals surface area contributed by atoms with Crippen molar-refractivity contribution in [2.24, 2.45) is 0 Å². The normalized spacial score (nSPS) is 21.7. The zero-order valence-corrected chi connectivity index (χ0v) is 12.1. The van der Waals surface area contributed by atoms with Gasteiger partial charge in [0, 0.05) is 6.54 Å². The van der Waals surface area contributed by atoms with Gasteiger partial charge in [-0.15, -0.1) is 0 Å². The lowest BCUT2D eigenvalue weighted by atomic mass is 10.0. The lowest BCUT2D eigenvalue weighted by Crippen LogP contribution is -2.56. The van der Waals surface area contributed by atoms with Gasteiger partial charge in [-0.1, -0.05) is 19.3 Å². The second-order valence-corrected chi connectivity index (χ2v) is 5.35. The molecule has 0 radical (unpaired) electrons. The van der Waals surface area contributed by atoms with E-state index in [1.165, 1.54) is 32.1 Å². The Morgan fingerprint density at radius 3 is 2.28 bits per heavy atom. The zero-order valence-electron chi connectivity index (χ0n) is 12.1. The van der Waals surface area contributed by atoms with Gasteiger partial charge in [0.2, 0.25) is 0 Å². The highest BCUT2D eigenvalue weighted by Crippen LogP contribution is 2.15. The third-order valence-electron chi connectivity index (χ3n) is 3.77. The number of carbonyl (C=O) groups excluding carboxylic acids is 1. The number of rotatable bonds is 5. The average molecular weight is 256 g/mol. The molecule has 0 bridgehead atoms. The lowest BCUT2D eigenvalue weighted by molar-refractivity contribution is -0.151. The molecule has 0 aromatic carbocycles. The first kappa shape index (κ1) is 15.4. The van der Waals surface area contributed by atoms with E-state index in [0.29, 0.717) is 6.61 Å². The molecule has 0 aromatic rings. The first-order valence-corrected chi connectivity index (χ1v) is 7.21. The monoisotopic (exact) mass is 256 g/mol. The van der Waals surface area contributed by atoms with Gasteiger partial charge in [0.25, 0.3) is 0 Å². The number of hydrogen-bond donors (Lipinski definition) is 1. The van der Waals surface area contributed by atoms with Gasteiger partial charge in [-0.25, -0.2) is 0 Å². The van der Waals surface area contributed by atoms with E-state index in [2.05, 4.69) is 10.2 Å². The molecule has 1 atom stereocenters. The van der Waals surface area contributed by atoms with E-state index in [4.69, 9.17) is 4.74 Å². The maximum Gasteiger partial charge on any atom is 0.327 e. The minimum Gasteiger partial charge on any atom is -0.465 e. The maximum absolute atomic E-state index is 12.0. The van der Waals surface area contributed by atoms with Gasteiger partial charge in [0.1, 0.15) is 5.54 Å². The molecule has 1 saturated heterocycles. The predicted octanol–water partition coefficient (Wildman–Crippen LogP) is 1.79. The van der Waals surface area contributed by atoms with Crippen molar-refractivity contribution in [3.05, 3.63) is 0 Å². The number of esters is 1. The van der Waals surface area contributed by atoms with E-state index in [1.807, 2.05) is 20.9 Å². The summed E-state index contributed by atoms with van der Waals surface area (Å²) in [5.41, 5.74) is -0.588. The number of carbonyl (C=O) groups is 1. The van der Waals surface area contributed by atoms with Crippen LogP contribution < -0.4 is 5.32 Å². The molecule has 1 fully saturated rings. The Kier molecular flexibility index (Phi) is 6.65. The smallest absolute Gasteiger partial charge is 0.327 e. The Balaban J connectivity index is 2.56. The third kappa shape index (κ3) is 4.58. The minimum atomic E-state index is -0.588. The van der Waals surface area contributed by atoms with Crippen LogP contribution in [0.4, 0.5) is 0 Å². The average Bonchev–Trinajstić information content (AvgIpc) is 2.32. The van der Waals surface area contributed by atoms with E-state index in [1.54, 1.807) is 0 Å². The number of hydrogen-bond acceptors (Lipinski definition) is 4. The van der Waals surface area contributed by atoms with Crippen LogP contribution in [-0.4, -0.2) is 49.7 Å². The number of likely N-dealkylation sites (tertiary alicyclic amines) is 1. The summed E-state index contributed by atoms with van der Waals surface area (Å²) in [5.74, 6) is -0.144. The highest BCUT2D eigenvalue weighted by atomic mass is 16.5. The van der Waals surface area contributed by atoms with Gasteiger partial charge in [-0.05, 0) is 46.8 Å². The topological polar surface area (TPSA) is 41.6 Å². The maximum atomic E-state index is 12.0. The molecule has 18 heavy (non-hydrogen) atoms. The molecule has 4 heteroatoms. The van der Waals surface area contributed by atoms with E-state index >= 15 is 0 Å². The van der Waals surface area contributed by atoms with Gasteiger partial charge in [-0.2, -0.15) is 0 Å². The van der Waals surface area contributed by atoms with Crippen LogP contribution in [0.2, 0.25) is 0 Å². The fraction of sp³-hybridized carbons (Fsp3) is 0.929. The molecule has 0 spiro atoms. The minimum absolute atomic E-state index is 0.144. The van der Waals surface area contributed by atoms with E-state index in [-0.39, 0.29) is 5.97 Å². The molecule has 106 valence electrons. The Bertz CT molecular complexity index is 250. The third-order valence-corrected chi connectivity index (χ3v) is 3.77. The second-order valence-electron chi connectivity index (χ2n) is 5.35. The second kappa shape index (κ2) is 7.74. The highest BCUT2D eigenvalue weighted by Gasteiger charge is 2.34. The molecule has 1 aliphatic heterocycles. The highest BCUT2D eigenvalue weighted by molar-refractivity contribution is 5.80.